The Morgan fingerprint density at radius 3 is 1.94 bits per heavy atom. The van der Waals surface area contributed by atoms with Crippen LogP contribution >= 0.6 is 0 Å². The zero-order valence-electron chi connectivity index (χ0n) is 10.8. The molecule has 0 saturated heterocycles. The van der Waals surface area contributed by atoms with Crippen molar-refractivity contribution in [2.45, 2.75) is 39.5 Å². The van der Waals surface area contributed by atoms with E-state index in [2.05, 4.69) is 5.32 Å². The van der Waals surface area contributed by atoms with Gasteiger partial charge < -0.3 is 20.6 Å². The van der Waals surface area contributed by atoms with Crippen molar-refractivity contribution in [1.82, 2.24) is 5.32 Å². The van der Waals surface area contributed by atoms with Crippen LogP contribution in [0, 0.1) is 0 Å². The van der Waals surface area contributed by atoms with Crippen LogP contribution in [0.15, 0.2) is 12.1 Å². The summed E-state index contributed by atoms with van der Waals surface area (Å²) in [5.41, 5.74) is 0.366. The van der Waals surface area contributed by atoms with E-state index in [0.29, 0.717) is 5.56 Å². The molecule has 1 aromatic rings. The minimum Gasteiger partial charge on any atom is -0.507 e. The number of aromatic hydroxyl groups is 1. The zero-order valence-corrected chi connectivity index (χ0v) is 10.8. The van der Waals surface area contributed by atoms with Crippen LogP contribution < -0.4 is 5.32 Å². The number of carbonyl (C=O) groups excluding carboxylic acids is 1. The number of nitrogens with one attached hydrogen (secondary N) is 1. The second-order valence-corrected chi connectivity index (χ2v) is 5.16. The molecule has 0 fully saturated rings. The normalized spacial score (nSPS) is 11.4. The van der Waals surface area contributed by atoms with Gasteiger partial charge in [-0.15, -0.1) is 0 Å². The van der Waals surface area contributed by atoms with Crippen molar-refractivity contribution < 1.29 is 20.1 Å². The highest BCUT2D eigenvalue weighted by atomic mass is 16.3. The number of benzene rings is 1. The van der Waals surface area contributed by atoms with Crippen LogP contribution in [0.3, 0.4) is 0 Å². The lowest BCUT2D eigenvalue weighted by Gasteiger charge is -2.21. The number of phenols is 1. The van der Waals surface area contributed by atoms with Gasteiger partial charge in [0.05, 0.1) is 13.2 Å². The van der Waals surface area contributed by atoms with Gasteiger partial charge in [0.25, 0.3) is 5.91 Å². The summed E-state index contributed by atoms with van der Waals surface area (Å²) in [6.45, 7) is 4.77. The van der Waals surface area contributed by atoms with Crippen LogP contribution in [0.1, 0.15) is 42.3 Å². The summed E-state index contributed by atoms with van der Waals surface area (Å²) in [6, 6.07) is 2.82. The van der Waals surface area contributed by atoms with E-state index in [1.807, 2.05) is 20.8 Å². The largest absolute Gasteiger partial charge is 0.507 e. The van der Waals surface area contributed by atoms with Gasteiger partial charge in [0.1, 0.15) is 5.75 Å². The monoisotopic (exact) mass is 253 g/mol. The van der Waals surface area contributed by atoms with E-state index in [-0.39, 0.29) is 28.3 Å². The summed E-state index contributed by atoms with van der Waals surface area (Å²) in [5.74, 6) is -0.487. The number of rotatable bonds is 3. The molecule has 0 bridgehead atoms. The van der Waals surface area contributed by atoms with E-state index in [4.69, 9.17) is 10.2 Å². The predicted octanol–water partition coefficient (Wildman–Crippen LogP) is 0.905. The molecule has 1 amide bonds. The fourth-order valence-electron chi connectivity index (χ4n) is 1.54. The smallest absolute Gasteiger partial charge is 0.251 e. The van der Waals surface area contributed by atoms with Gasteiger partial charge in [0, 0.05) is 22.2 Å². The van der Waals surface area contributed by atoms with Crippen molar-refractivity contribution in [2.24, 2.45) is 0 Å². The molecule has 0 aromatic heterocycles. The number of amides is 1. The van der Waals surface area contributed by atoms with Gasteiger partial charge in [-0.1, -0.05) is 0 Å². The molecule has 0 heterocycles. The van der Waals surface area contributed by atoms with Gasteiger partial charge >= 0.3 is 0 Å². The Bertz CT molecular complexity index is 424. The van der Waals surface area contributed by atoms with Crippen LogP contribution in [0.2, 0.25) is 0 Å². The fourth-order valence-corrected chi connectivity index (χ4v) is 1.54. The lowest BCUT2D eigenvalue weighted by molar-refractivity contribution is 0.0919. The molecule has 0 aliphatic carbocycles. The van der Waals surface area contributed by atoms with Gasteiger partial charge in [-0.05, 0) is 32.9 Å². The molecule has 0 unspecified atom stereocenters. The first-order chi connectivity index (χ1) is 8.28. The zero-order chi connectivity index (χ0) is 13.9. The summed E-state index contributed by atoms with van der Waals surface area (Å²) in [5, 5.41) is 30.7. The van der Waals surface area contributed by atoms with E-state index in [1.165, 1.54) is 12.1 Å². The van der Waals surface area contributed by atoms with Crippen LogP contribution in [0.25, 0.3) is 0 Å². The Labute approximate surface area is 106 Å². The van der Waals surface area contributed by atoms with Crippen LogP contribution in [0.5, 0.6) is 5.75 Å². The first kappa shape index (κ1) is 14.5. The third kappa shape index (κ3) is 3.45. The average Bonchev–Trinajstić information content (AvgIpc) is 2.27. The van der Waals surface area contributed by atoms with Gasteiger partial charge in [0.15, 0.2) is 0 Å². The standard InChI is InChI=1S/C13H19NO4/c1-13(2,3)14-12(18)8-4-9(6-15)11(17)10(5-8)7-16/h4-5,15-17H,6-7H2,1-3H3,(H,14,18). The molecule has 5 heteroatoms. The molecule has 0 saturated carbocycles. The minimum atomic E-state index is -0.393. The third-order valence-electron chi connectivity index (χ3n) is 2.36. The molecule has 0 aliphatic heterocycles. The summed E-state index contributed by atoms with van der Waals surface area (Å²) in [7, 11) is 0. The molecule has 1 rings (SSSR count). The Kier molecular flexibility index (Phi) is 4.32. The number of hydrogen-bond donors (Lipinski definition) is 4. The second kappa shape index (κ2) is 5.37. The summed E-state index contributed by atoms with van der Waals surface area (Å²) in [4.78, 5) is 12.0. The quantitative estimate of drug-likeness (QED) is 0.644. The second-order valence-electron chi connectivity index (χ2n) is 5.16. The van der Waals surface area contributed by atoms with Crippen molar-refractivity contribution >= 4 is 5.91 Å². The molecular formula is C13H19NO4. The Morgan fingerprint density at radius 2 is 1.61 bits per heavy atom. The number of carbonyl (C=O) groups is 1. The molecule has 0 aliphatic rings. The van der Waals surface area contributed by atoms with Gasteiger partial charge in [-0.2, -0.15) is 0 Å². The van der Waals surface area contributed by atoms with Crippen molar-refractivity contribution in [3.05, 3.63) is 28.8 Å². The maximum atomic E-state index is 12.0. The van der Waals surface area contributed by atoms with Crippen molar-refractivity contribution in [3.8, 4) is 5.75 Å². The lowest BCUT2D eigenvalue weighted by atomic mass is 10.0. The van der Waals surface area contributed by atoms with Crippen LogP contribution in [-0.4, -0.2) is 26.8 Å². The Balaban J connectivity index is 3.14. The number of aliphatic hydroxyl groups excluding tert-OH is 2. The van der Waals surface area contributed by atoms with E-state index in [0.717, 1.165) is 0 Å². The molecule has 4 N–H and O–H groups in total. The first-order valence-electron chi connectivity index (χ1n) is 5.67. The Hall–Kier alpha value is -1.59. The minimum absolute atomic E-state index is 0.174. The summed E-state index contributed by atoms with van der Waals surface area (Å²) >= 11 is 0. The SMILES string of the molecule is CC(C)(C)NC(=O)c1cc(CO)c(O)c(CO)c1. The number of aliphatic hydroxyl groups is 2. The third-order valence-corrected chi connectivity index (χ3v) is 2.36. The van der Waals surface area contributed by atoms with Crippen LogP contribution in [-0.2, 0) is 13.2 Å². The molecular weight excluding hydrogens is 234 g/mol. The topological polar surface area (TPSA) is 89.8 Å². The maximum absolute atomic E-state index is 12.0. The fraction of sp³-hybridized carbons (Fsp3) is 0.462. The van der Waals surface area contributed by atoms with Crippen molar-refractivity contribution in [3.63, 3.8) is 0 Å². The summed E-state index contributed by atoms with van der Waals surface area (Å²) < 4.78 is 0. The van der Waals surface area contributed by atoms with E-state index >= 15 is 0 Å². The number of hydrogen-bond acceptors (Lipinski definition) is 4. The first-order valence-corrected chi connectivity index (χ1v) is 5.67. The van der Waals surface area contributed by atoms with E-state index in [1.54, 1.807) is 0 Å². The molecule has 18 heavy (non-hydrogen) atoms. The average molecular weight is 253 g/mol. The van der Waals surface area contributed by atoms with Crippen LogP contribution in [0.4, 0.5) is 0 Å². The van der Waals surface area contributed by atoms with Crippen molar-refractivity contribution in [1.29, 1.82) is 0 Å². The van der Waals surface area contributed by atoms with Gasteiger partial charge in [0.2, 0.25) is 0 Å². The molecule has 0 atom stereocenters. The highest BCUT2D eigenvalue weighted by Crippen LogP contribution is 2.25. The predicted molar refractivity (Wildman–Crippen MR) is 67.2 cm³/mol. The Morgan fingerprint density at radius 1 is 1.17 bits per heavy atom. The molecule has 100 valence electrons. The van der Waals surface area contributed by atoms with E-state index in [9.17, 15) is 9.90 Å². The van der Waals surface area contributed by atoms with Gasteiger partial charge in [-0.25, -0.2) is 0 Å². The lowest BCUT2D eigenvalue weighted by Crippen LogP contribution is -2.40. The molecule has 5 nitrogen and oxygen atoms in total. The summed E-state index contributed by atoms with van der Waals surface area (Å²) in [6.07, 6.45) is 0. The van der Waals surface area contributed by atoms with Crippen molar-refractivity contribution in [2.75, 3.05) is 0 Å². The maximum Gasteiger partial charge on any atom is 0.251 e. The molecule has 0 spiro atoms. The molecule has 1 aromatic carbocycles. The van der Waals surface area contributed by atoms with E-state index < -0.39 is 13.2 Å². The highest BCUT2D eigenvalue weighted by Gasteiger charge is 2.18. The van der Waals surface area contributed by atoms with Gasteiger partial charge in [-0.3, -0.25) is 4.79 Å². The highest BCUT2D eigenvalue weighted by molar-refractivity contribution is 5.95. The molecule has 0 radical (unpaired) electrons.